The molecule has 0 radical (unpaired) electrons. The lowest BCUT2D eigenvalue weighted by molar-refractivity contribution is 0.381. The van der Waals surface area contributed by atoms with E-state index in [1.54, 1.807) is 0 Å². The number of aryl methyl sites for hydroxylation is 2. The molecule has 3 heterocycles. The number of nitrogens with zero attached hydrogens (tertiary/aromatic N) is 4. The first kappa shape index (κ1) is 20.9. The molecule has 0 spiro atoms. The van der Waals surface area contributed by atoms with E-state index < -0.39 is 0 Å². The minimum absolute atomic E-state index is 0. The zero-order valence-electron chi connectivity index (χ0n) is 15.7. The Balaban J connectivity index is 0.00000225. The molecule has 1 N–H and O–H groups in total. The van der Waals surface area contributed by atoms with Crippen LogP contribution >= 0.6 is 35.7 Å². The second kappa shape index (κ2) is 10.0. The molecule has 0 bridgehead atoms. The van der Waals surface area contributed by atoms with E-state index in [4.69, 9.17) is 4.98 Å². The van der Waals surface area contributed by atoms with E-state index in [1.165, 1.54) is 30.1 Å². The molecule has 1 unspecified atom stereocenters. The average molecular weight is 477 g/mol. The van der Waals surface area contributed by atoms with Gasteiger partial charge in [-0.1, -0.05) is 13.8 Å². The summed E-state index contributed by atoms with van der Waals surface area (Å²) in [7, 11) is 1.89. The number of thioether (sulfide) groups is 1. The average Bonchev–Trinajstić information content (AvgIpc) is 3.01. The molecular formula is C18H32IN5S. The van der Waals surface area contributed by atoms with Crippen LogP contribution < -0.4 is 5.32 Å². The number of aliphatic imine (C=N–C) groups is 1. The topological polar surface area (TPSA) is 45.5 Å². The van der Waals surface area contributed by atoms with Crippen molar-refractivity contribution in [1.82, 2.24) is 19.8 Å². The monoisotopic (exact) mass is 477 g/mol. The van der Waals surface area contributed by atoms with Crippen molar-refractivity contribution in [2.45, 2.75) is 51.3 Å². The van der Waals surface area contributed by atoms with Gasteiger partial charge in [-0.2, -0.15) is 11.8 Å². The van der Waals surface area contributed by atoms with Crippen molar-refractivity contribution in [1.29, 1.82) is 0 Å². The third-order valence-electron chi connectivity index (χ3n) is 4.97. The van der Waals surface area contributed by atoms with Crippen LogP contribution in [0.25, 0.3) is 0 Å². The second-order valence-electron chi connectivity index (χ2n) is 7.12. The fourth-order valence-electron chi connectivity index (χ4n) is 3.50. The van der Waals surface area contributed by atoms with Gasteiger partial charge in [0, 0.05) is 63.3 Å². The minimum atomic E-state index is 0. The van der Waals surface area contributed by atoms with Crippen LogP contribution in [0.5, 0.6) is 0 Å². The lowest BCUT2D eigenvalue weighted by Gasteiger charge is -2.36. The highest BCUT2D eigenvalue weighted by Gasteiger charge is 2.24. The van der Waals surface area contributed by atoms with Crippen LogP contribution in [-0.4, -0.2) is 58.1 Å². The predicted molar refractivity (Wildman–Crippen MR) is 118 cm³/mol. The van der Waals surface area contributed by atoms with E-state index in [0.29, 0.717) is 11.2 Å². The molecule has 0 saturated carbocycles. The maximum atomic E-state index is 4.79. The summed E-state index contributed by atoms with van der Waals surface area (Å²) in [6, 6.07) is 0. The maximum Gasteiger partial charge on any atom is 0.193 e. The van der Waals surface area contributed by atoms with Gasteiger partial charge in [-0.05, 0) is 18.8 Å². The number of hydrogen-bond donors (Lipinski definition) is 1. The highest BCUT2D eigenvalue weighted by molar-refractivity contribution is 14.0. The van der Waals surface area contributed by atoms with Crippen molar-refractivity contribution in [3.05, 3.63) is 17.7 Å². The standard InChI is InChI=1S/C18H31N5S.HI/c1-14(2)16-13-23(10-11-24-16)18(19-3)20-8-7-15-12-22-9-5-4-6-17(22)21-15;/h12,14,16H,4-11,13H2,1-3H3,(H,19,20);1H. The van der Waals surface area contributed by atoms with Gasteiger partial charge in [-0.3, -0.25) is 4.99 Å². The van der Waals surface area contributed by atoms with E-state index in [0.717, 1.165) is 45.0 Å². The first-order valence-electron chi connectivity index (χ1n) is 9.29. The minimum Gasteiger partial charge on any atom is -0.356 e. The van der Waals surface area contributed by atoms with Crippen LogP contribution in [0.15, 0.2) is 11.2 Å². The van der Waals surface area contributed by atoms with Crippen LogP contribution in [0, 0.1) is 5.92 Å². The smallest absolute Gasteiger partial charge is 0.193 e. The molecule has 0 aliphatic carbocycles. The molecule has 2 aliphatic rings. The van der Waals surface area contributed by atoms with Crippen molar-refractivity contribution in [2.75, 3.05) is 32.4 Å². The van der Waals surface area contributed by atoms with Gasteiger partial charge < -0.3 is 14.8 Å². The lowest BCUT2D eigenvalue weighted by Crippen LogP contribution is -2.49. The number of hydrogen-bond acceptors (Lipinski definition) is 3. The molecule has 1 atom stereocenters. The van der Waals surface area contributed by atoms with Gasteiger partial charge in [0.25, 0.3) is 0 Å². The number of nitrogens with one attached hydrogen (secondary N) is 1. The molecule has 1 fully saturated rings. The molecule has 1 saturated heterocycles. The normalized spacial score (nSPS) is 21.0. The number of aromatic nitrogens is 2. The Labute approximate surface area is 173 Å². The van der Waals surface area contributed by atoms with E-state index in [1.807, 2.05) is 7.05 Å². The van der Waals surface area contributed by atoms with E-state index in [-0.39, 0.29) is 24.0 Å². The van der Waals surface area contributed by atoms with Crippen LogP contribution in [0.4, 0.5) is 0 Å². The fourth-order valence-corrected chi connectivity index (χ4v) is 4.80. The Hall–Kier alpha value is -0.440. The lowest BCUT2D eigenvalue weighted by atomic mass is 10.1. The van der Waals surface area contributed by atoms with Crippen molar-refractivity contribution >= 4 is 41.7 Å². The highest BCUT2D eigenvalue weighted by atomic mass is 127. The van der Waals surface area contributed by atoms with Gasteiger partial charge in [0.15, 0.2) is 5.96 Å². The Kier molecular flexibility index (Phi) is 8.38. The summed E-state index contributed by atoms with van der Waals surface area (Å²) in [5, 5.41) is 4.25. The van der Waals surface area contributed by atoms with E-state index in [2.05, 4.69) is 51.6 Å². The number of rotatable bonds is 4. The summed E-state index contributed by atoms with van der Waals surface area (Å²) >= 11 is 2.10. The fraction of sp³-hybridized carbons (Fsp3) is 0.778. The predicted octanol–water partition coefficient (Wildman–Crippen LogP) is 3.03. The zero-order chi connectivity index (χ0) is 16.9. The van der Waals surface area contributed by atoms with Crippen LogP contribution in [0.3, 0.4) is 0 Å². The number of guanidine groups is 1. The number of imidazole rings is 1. The van der Waals surface area contributed by atoms with Crippen molar-refractivity contribution in [2.24, 2.45) is 10.9 Å². The molecule has 7 heteroatoms. The first-order chi connectivity index (χ1) is 11.7. The molecule has 1 aromatic rings. The molecule has 0 aromatic carbocycles. The molecule has 5 nitrogen and oxygen atoms in total. The third-order valence-corrected chi connectivity index (χ3v) is 6.51. The molecule has 3 rings (SSSR count). The van der Waals surface area contributed by atoms with Crippen LogP contribution in [0.1, 0.15) is 38.2 Å². The van der Waals surface area contributed by atoms with Gasteiger partial charge in [0.05, 0.1) is 5.69 Å². The second-order valence-corrected chi connectivity index (χ2v) is 8.47. The molecule has 2 aliphatic heterocycles. The molecule has 25 heavy (non-hydrogen) atoms. The summed E-state index contributed by atoms with van der Waals surface area (Å²) in [4.78, 5) is 11.7. The van der Waals surface area contributed by atoms with Gasteiger partial charge in [-0.25, -0.2) is 4.98 Å². The summed E-state index contributed by atoms with van der Waals surface area (Å²) in [5.74, 6) is 4.23. The Morgan fingerprint density at radius 2 is 2.24 bits per heavy atom. The summed E-state index contributed by atoms with van der Waals surface area (Å²) in [6.45, 7) is 8.86. The summed E-state index contributed by atoms with van der Waals surface area (Å²) < 4.78 is 2.34. The van der Waals surface area contributed by atoms with Crippen LogP contribution in [-0.2, 0) is 19.4 Å². The number of halogens is 1. The maximum absolute atomic E-state index is 4.79. The quantitative estimate of drug-likeness (QED) is 0.412. The third kappa shape index (κ3) is 5.52. The van der Waals surface area contributed by atoms with Crippen molar-refractivity contribution < 1.29 is 0 Å². The van der Waals surface area contributed by atoms with Crippen molar-refractivity contribution in [3.8, 4) is 0 Å². The molecule has 142 valence electrons. The number of fused-ring (bicyclic) bond motifs is 1. The van der Waals surface area contributed by atoms with E-state index >= 15 is 0 Å². The summed E-state index contributed by atoms with van der Waals surface area (Å²) in [6.07, 6.45) is 6.92. The summed E-state index contributed by atoms with van der Waals surface area (Å²) in [5.41, 5.74) is 1.21. The zero-order valence-corrected chi connectivity index (χ0v) is 18.8. The van der Waals surface area contributed by atoms with E-state index in [9.17, 15) is 0 Å². The van der Waals surface area contributed by atoms with Gasteiger partial charge in [0.1, 0.15) is 5.82 Å². The Morgan fingerprint density at radius 3 is 2.96 bits per heavy atom. The van der Waals surface area contributed by atoms with Crippen molar-refractivity contribution in [3.63, 3.8) is 0 Å². The Bertz CT molecular complexity index is 548. The molecular weight excluding hydrogens is 445 g/mol. The van der Waals surface area contributed by atoms with Gasteiger partial charge in [-0.15, -0.1) is 24.0 Å². The first-order valence-corrected chi connectivity index (χ1v) is 10.3. The molecule has 0 amide bonds. The van der Waals surface area contributed by atoms with Gasteiger partial charge >= 0.3 is 0 Å². The largest absolute Gasteiger partial charge is 0.356 e. The van der Waals surface area contributed by atoms with Crippen LogP contribution in [0.2, 0.25) is 0 Å². The SMILES string of the molecule is CN=C(NCCc1cn2c(n1)CCCC2)N1CCSC(C(C)C)C1.I. The Morgan fingerprint density at radius 1 is 1.40 bits per heavy atom. The van der Waals surface area contributed by atoms with Gasteiger partial charge in [0.2, 0.25) is 0 Å². The molecule has 1 aromatic heterocycles. The highest BCUT2D eigenvalue weighted by Crippen LogP contribution is 2.24.